The van der Waals surface area contributed by atoms with E-state index in [1.54, 1.807) is 17.5 Å². The predicted molar refractivity (Wildman–Crippen MR) is 79.5 cm³/mol. The van der Waals surface area contributed by atoms with Gasteiger partial charge in [0, 0.05) is 31.1 Å². The van der Waals surface area contributed by atoms with Crippen LogP contribution in [0.2, 0.25) is 0 Å². The summed E-state index contributed by atoms with van der Waals surface area (Å²) in [6.07, 6.45) is 3.64. The maximum absolute atomic E-state index is 5.08. The highest BCUT2D eigenvalue weighted by molar-refractivity contribution is 7.09. The lowest BCUT2D eigenvalue weighted by Crippen LogP contribution is -2.12. The molecule has 0 aromatic carbocycles. The van der Waals surface area contributed by atoms with Crippen molar-refractivity contribution in [2.24, 2.45) is 0 Å². The first-order valence-electron chi connectivity index (χ1n) is 6.48. The fourth-order valence-electron chi connectivity index (χ4n) is 1.50. The summed E-state index contributed by atoms with van der Waals surface area (Å²) in [4.78, 5) is 16.8. The van der Waals surface area contributed by atoms with Crippen LogP contribution in [-0.2, 0) is 6.42 Å². The summed E-state index contributed by atoms with van der Waals surface area (Å²) in [5.74, 6) is 1.03. The maximum Gasteiger partial charge on any atom is 0.322 e. The van der Waals surface area contributed by atoms with E-state index in [2.05, 4.69) is 37.5 Å². The summed E-state index contributed by atoms with van der Waals surface area (Å²) in [7, 11) is 1.54. The molecule has 0 fully saturated rings. The molecule has 0 saturated carbocycles. The normalized spacial score (nSPS) is 10.3. The zero-order valence-corrected chi connectivity index (χ0v) is 12.4. The number of aromatic nitrogens is 4. The largest absolute Gasteiger partial charge is 0.467 e. The van der Waals surface area contributed by atoms with Crippen molar-refractivity contribution in [1.82, 2.24) is 19.9 Å². The van der Waals surface area contributed by atoms with Crippen molar-refractivity contribution in [2.45, 2.75) is 19.8 Å². The monoisotopic (exact) mass is 294 g/mol. The number of nitrogens with one attached hydrogen (secondary N) is 2. The topological polar surface area (TPSA) is 84.9 Å². The van der Waals surface area contributed by atoms with Crippen molar-refractivity contribution in [3.8, 4) is 6.01 Å². The van der Waals surface area contributed by atoms with Gasteiger partial charge in [-0.3, -0.25) is 0 Å². The highest BCUT2D eigenvalue weighted by Gasteiger charge is 2.06. The molecule has 2 aromatic heterocycles. The van der Waals surface area contributed by atoms with Crippen molar-refractivity contribution in [1.29, 1.82) is 0 Å². The minimum absolute atomic E-state index is 0.301. The van der Waals surface area contributed by atoms with Gasteiger partial charge in [-0.1, -0.05) is 6.92 Å². The average molecular weight is 294 g/mol. The number of rotatable bonds is 8. The molecule has 0 saturated heterocycles. The molecule has 8 heteroatoms. The number of hydrogen-bond acceptors (Lipinski definition) is 8. The van der Waals surface area contributed by atoms with Crippen LogP contribution in [0.4, 0.5) is 11.9 Å². The third kappa shape index (κ3) is 4.30. The van der Waals surface area contributed by atoms with E-state index < -0.39 is 0 Å². The number of nitrogens with zero attached hydrogens (tertiary/aromatic N) is 4. The molecule has 0 amide bonds. The van der Waals surface area contributed by atoms with Gasteiger partial charge in [-0.05, 0) is 6.42 Å². The molecular formula is C12H18N6OS. The molecule has 20 heavy (non-hydrogen) atoms. The number of hydrogen-bond donors (Lipinski definition) is 2. The lowest BCUT2D eigenvalue weighted by molar-refractivity contribution is 0.379. The second kappa shape index (κ2) is 7.59. The van der Waals surface area contributed by atoms with Crippen LogP contribution in [-0.4, -0.2) is 40.1 Å². The lowest BCUT2D eigenvalue weighted by Gasteiger charge is -2.08. The van der Waals surface area contributed by atoms with Crippen LogP contribution in [0.1, 0.15) is 18.4 Å². The van der Waals surface area contributed by atoms with E-state index >= 15 is 0 Å². The first-order valence-corrected chi connectivity index (χ1v) is 7.36. The van der Waals surface area contributed by atoms with Crippen LogP contribution in [0.5, 0.6) is 6.01 Å². The Morgan fingerprint density at radius 2 is 1.90 bits per heavy atom. The van der Waals surface area contributed by atoms with Crippen LogP contribution in [0, 0.1) is 0 Å². The lowest BCUT2D eigenvalue weighted by atomic mass is 10.4. The molecule has 2 aromatic rings. The smallest absolute Gasteiger partial charge is 0.322 e. The number of ether oxygens (including phenoxy) is 1. The first-order chi connectivity index (χ1) is 9.81. The molecular weight excluding hydrogens is 276 g/mol. The SMILES string of the molecule is CCCNc1nc(NCCc2nccs2)nc(OC)n1. The molecule has 108 valence electrons. The zero-order chi connectivity index (χ0) is 14.2. The third-order valence-electron chi connectivity index (χ3n) is 2.44. The standard InChI is InChI=1S/C12H18N6OS/c1-3-5-14-10-16-11(18-12(17-10)19-2)15-6-4-9-13-7-8-20-9/h7-8H,3-6H2,1-2H3,(H2,14,15,16,17,18). The van der Waals surface area contributed by atoms with Crippen LogP contribution >= 0.6 is 11.3 Å². The minimum atomic E-state index is 0.301. The molecule has 2 heterocycles. The van der Waals surface area contributed by atoms with Crippen molar-refractivity contribution in [2.75, 3.05) is 30.8 Å². The Bertz CT molecular complexity index is 519. The van der Waals surface area contributed by atoms with Gasteiger partial charge in [0.25, 0.3) is 0 Å². The fourth-order valence-corrected chi connectivity index (χ4v) is 2.12. The summed E-state index contributed by atoms with van der Waals surface area (Å²) in [6, 6.07) is 0.301. The van der Waals surface area contributed by atoms with E-state index in [-0.39, 0.29) is 0 Å². The van der Waals surface area contributed by atoms with E-state index in [1.807, 2.05) is 5.38 Å². The van der Waals surface area contributed by atoms with Gasteiger partial charge in [-0.25, -0.2) is 4.98 Å². The molecule has 7 nitrogen and oxygen atoms in total. The van der Waals surface area contributed by atoms with Crippen molar-refractivity contribution in [3.63, 3.8) is 0 Å². The Balaban J connectivity index is 1.94. The number of methoxy groups -OCH3 is 1. The summed E-state index contributed by atoms with van der Waals surface area (Å²) in [5, 5.41) is 9.33. The van der Waals surface area contributed by atoms with E-state index in [4.69, 9.17) is 4.74 Å². The van der Waals surface area contributed by atoms with Gasteiger partial charge >= 0.3 is 6.01 Å². The maximum atomic E-state index is 5.08. The molecule has 0 atom stereocenters. The molecule has 0 bridgehead atoms. The van der Waals surface area contributed by atoms with Gasteiger partial charge in [0.1, 0.15) is 0 Å². The van der Waals surface area contributed by atoms with Gasteiger partial charge in [-0.15, -0.1) is 11.3 Å². The fraction of sp³-hybridized carbons (Fsp3) is 0.500. The van der Waals surface area contributed by atoms with Crippen LogP contribution in [0.25, 0.3) is 0 Å². The summed E-state index contributed by atoms with van der Waals surface area (Å²) in [5.41, 5.74) is 0. The Kier molecular flexibility index (Phi) is 5.48. The molecule has 0 aliphatic carbocycles. The van der Waals surface area contributed by atoms with Crippen molar-refractivity contribution < 1.29 is 4.74 Å². The minimum Gasteiger partial charge on any atom is -0.467 e. The Morgan fingerprint density at radius 3 is 2.50 bits per heavy atom. The summed E-state index contributed by atoms with van der Waals surface area (Å²) in [6.45, 7) is 3.61. The highest BCUT2D eigenvalue weighted by atomic mass is 32.1. The van der Waals surface area contributed by atoms with Crippen molar-refractivity contribution in [3.05, 3.63) is 16.6 Å². The second-order valence-electron chi connectivity index (χ2n) is 4.00. The molecule has 0 aliphatic heterocycles. The molecule has 0 radical (unpaired) electrons. The average Bonchev–Trinajstić information content (AvgIpc) is 2.98. The van der Waals surface area contributed by atoms with E-state index in [9.17, 15) is 0 Å². The summed E-state index contributed by atoms with van der Waals surface area (Å²) >= 11 is 1.64. The van der Waals surface area contributed by atoms with Gasteiger partial charge in [0.2, 0.25) is 11.9 Å². The van der Waals surface area contributed by atoms with Crippen molar-refractivity contribution >= 4 is 23.2 Å². The summed E-state index contributed by atoms with van der Waals surface area (Å²) < 4.78 is 5.08. The van der Waals surface area contributed by atoms with Crippen LogP contribution < -0.4 is 15.4 Å². The third-order valence-corrected chi connectivity index (χ3v) is 3.28. The zero-order valence-electron chi connectivity index (χ0n) is 11.6. The van der Waals surface area contributed by atoms with E-state index in [0.717, 1.165) is 24.4 Å². The van der Waals surface area contributed by atoms with Crippen LogP contribution in [0.15, 0.2) is 11.6 Å². The van der Waals surface area contributed by atoms with Gasteiger partial charge < -0.3 is 15.4 Å². The molecule has 2 N–H and O–H groups in total. The van der Waals surface area contributed by atoms with E-state index in [1.165, 1.54) is 7.11 Å². The highest BCUT2D eigenvalue weighted by Crippen LogP contribution is 2.11. The quantitative estimate of drug-likeness (QED) is 0.768. The molecule has 0 aliphatic rings. The molecule has 0 spiro atoms. The number of thiazole rings is 1. The molecule has 2 rings (SSSR count). The Hall–Kier alpha value is -1.96. The Labute approximate surface area is 121 Å². The van der Waals surface area contributed by atoms with Gasteiger partial charge in [-0.2, -0.15) is 15.0 Å². The predicted octanol–water partition coefficient (Wildman–Crippen LogP) is 1.81. The van der Waals surface area contributed by atoms with Gasteiger partial charge in [0.15, 0.2) is 0 Å². The second-order valence-corrected chi connectivity index (χ2v) is 4.98. The van der Waals surface area contributed by atoms with E-state index in [0.29, 0.717) is 24.5 Å². The number of anilines is 2. The first kappa shape index (κ1) is 14.4. The molecule has 0 unspecified atom stereocenters. The Morgan fingerprint density at radius 1 is 1.15 bits per heavy atom. The van der Waals surface area contributed by atoms with Crippen LogP contribution in [0.3, 0.4) is 0 Å². The van der Waals surface area contributed by atoms with Gasteiger partial charge in [0.05, 0.1) is 12.1 Å².